The molecule has 1 N–H and O–H groups in total. The highest BCUT2D eigenvalue weighted by atomic mass is 35.5. The summed E-state index contributed by atoms with van der Waals surface area (Å²) in [5.74, 6) is 0.0155. The highest BCUT2D eigenvalue weighted by molar-refractivity contribution is 6.33. The summed E-state index contributed by atoms with van der Waals surface area (Å²) in [6.45, 7) is 14.0. The molecule has 0 aliphatic carbocycles. The maximum absolute atomic E-state index is 12.7. The van der Waals surface area contributed by atoms with E-state index in [9.17, 15) is 4.79 Å². The number of nitrogens with zero attached hydrogens (tertiary/aromatic N) is 2. The number of benzene rings is 1. The zero-order valence-corrected chi connectivity index (χ0v) is 20.4. The van der Waals surface area contributed by atoms with Crippen LogP contribution in [0.25, 0.3) is 0 Å². The first kappa shape index (κ1) is 28.2. The summed E-state index contributed by atoms with van der Waals surface area (Å²) in [7, 11) is 0. The van der Waals surface area contributed by atoms with E-state index in [1.807, 2.05) is 25.1 Å². The molecular weight excluding hydrogens is 405 g/mol. The fourth-order valence-corrected chi connectivity index (χ4v) is 3.65. The predicted octanol–water partition coefficient (Wildman–Crippen LogP) is 6.01. The number of unbranched alkanes of at least 4 members (excludes halogenated alkanes) is 5. The molecule has 0 atom stereocenters. The molecule has 0 aliphatic rings. The van der Waals surface area contributed by atoms with E-state index in [2.05, 4.69) is 35.9 Å². The minimum Gasteiger partial charge on any atom is -0.323 e. The summed E-state index contributed by atoms with van der Waals surface area (Å²) in [4.78, 5) is 17.4. The van der Waals surface area contributed by atoms with Crippen molar-refractivity contribution >= 4 is 35.6 Å². The number of anilines is 1. The van der Waals surface area contributed by atoms with Gasteiger partial charge in [-0.15, -0.1) is 12.4 Å². The number of rotatable bonds is 15. The van der Waals surface area contributed by atoms with Gasteiger partial charge >= 0.3 is 0 Å². The molecule has 0 saturated carbocycles. The molecule has 29 heavy (non-hydrogen) atoms. The summed E-state index contributed by atoms with van der Waals surface area (Å²) in [5.41, 5.74) is 1.73. The molecule has 0 heterocycles. The molecule has 6 heteroatoms. The van der Waals surface area contributed by atoms with Crippen LogP contribution in [0, 0.1) is 6.92 Å². The highest BCUT2D eigenvalue weighted by Gasteiger charge is 2.14. The average molecular weight is 447 g/mol. The molecule has 1 aromatic rings. The fourth-order valence-electron chi connectivity index (χ4n) is 3.38. The lowest BCUT2D eigenvalue weighted by atomic mass is 10.1. The highest BCUT2D eigenvalue weighted by Crippen LogP contribution is 2.25. The van der Waals surface area contributed by atoms with Crippen molar-refractivity contribution in [2.75, 3.05) is 44.6 Å². The molecule has 0 aromatic heterocycles. The average Bonchev–Trinajstić information content (AvgIpc) is 2.68. The maximum Gasteiger partial charge on any atom is 0.238 e. The van der Waals surface area contributed by atoms with Crippen molar-refractivity contribution in [1.82, 2.24) is 9.80 Å². The largest absolute Gasteiger partial charge is 0.323 e. The fraction of sp³-hybridized carbons (Fsp3) is 0.696. The Morgan fingerprint density at radius 2 is 1.55 bits per heavy atom. The molecule has 1 amide bonds. The first-order valence-electron chi connectivity index (χ1n) is 11.0. The van der Waals surface area contributed by atoms with Gasteiger partial charge in [-0.05, 0) is 44.6 Å². The smallest absolute Gasteiger partial charge is 0.238 e. The van der Waals surface area contributed by atoms with Gasteiger partial charge in [0.15, 0.2) is 0 Å². The van der Waals surface area contributed by atoms with Crippen LogP contribution in [-0.2, 0) is 4.79 Å². The molecule has 0 bridgehead atoms. The molecule has 4 nitrogen and oxygen atoms in total. The lowest BCUT2D eigenvalue weighted by Crippen LogP contribution is -2.40. The minimum absolute atomic E-state index is 0. The van der Waals surface area contributed by atoms with E-state index < -0.39 is 0 Å². The summed E-state index contributed by atoms with van der Waals surface area (Å²) < 4.78 is 0. The minimum atomic E-state index is 0. The summed E-state index contributed by atoms with van der Waals surface area (Å²) in [5, 5.41) is 3.61. The number of amides is 1. The van der Waals surface area contributed by atoms with Gasteiger partial charge in [0.05, 0.1) is 17.3 Å². The van der Waals surface area contributed by atoms with Crippen LogP contribution in [0.15, 0.2) is 18.2 Å². The number of carbonyl (C=O) groups is 1. The molecule has 0 radical (unpaired) electrons. The van der Waals surface area contributed by atoms with Gasteiger partial charge in [0, 0.05) is 13.1 Å². The third kappa shape index (κ3) is 11.8. The van der Waals surface area contributed by atoms with Crippen LogP contribution in [0.2, 0.25) is 5.02 Å². The Morgan fingerprint density at radius 3 is 2.17 bits per heavy atom. The Kier molecular flexibility index (Phi) is 16.5. The van der Waals surface area contributed by atoms with Crippen LogP contribution in [0.5, 0.6) is 0 Å². The molecule has 0 saturated heterocycles. The van der Waals surface area contributed by atoms with E-state index in [1.54, 1.807) is 0 Å². The van der Waals surface area contributed by atoms with Crippen molar-refractivity contribution in [2.24, 2.45) is 0 Å². The van der Waals surface area contributed by atoms with Crippen molar-refractivity contribution in [2.45, 2.75) is 66.2 Å². The molecule has 1 rings (SSSR count). The molecule has 0 spiro atoms. The van der Waals surface area contributed by atoms with Crippen LogP contribution in [0.3, 0.4) is 0 Å². The Balaban J connectivity index is 0.00000784. The number of halogens is 2. The van der Waals surface area contributed by atoms with Gasteiger partial charge in [0.2, 0.25) is 5.91 Å². The van der Waals surface area contributed by atoms with Crippen LogP contribution < -0.4 is 5.32 Å². The second-order valence-electron chi connectivity index (χ2n) is 7.55. The zero-order valence-electron chi connectivity index (χ0n) is 18.8. The topological polar surface area (TPSA) is 35.6 Å². The van der Waals surface area contributed by atoms with Gasteiger partial charge in [0.25, 0.3) is 0 Å². The Hall–Kier alpha value is -0.810. The Morgan fingerprint density at radius 1 is 0.931 bits per heavy atom. The van der Waals surface area contributed by atoms with Gasteiger partial charge in [-0.3, -0.25) is 9.69 Å². The van der Waals surface area contributed by atoms with Crippen LogP contribution in [0.4, 0.5) is 5.69 Å². The van der Waals surface area contributed by atoms with Crippen molar-refractivity contribution in [3.63, 3.8) is 0 Å². The molecule has 1 aromatic carbocycles. The van der Waals surface area contributed by atoms with E-state index >= 15 is 0 Å². The van der Waals surface area contributed by atoms with E-state index in [1.165, 1.54) is 32.1 Å². The second kappa shape index (κ2) is 16.9. The summed E-state index contributed by atoms with van der Waals surface area (Å²) >= 11 is 6.26. The van der Waals surface area contributed by atoms with Crippen molar-refractivity contribution in [3.8, 4) is 0 Å². The molecule has 0 unspecified atom stereocenters. The number of hydrogen-bond acceptors (Lipinski definition) is 3. The zero-order chi connectivity index (χ0) is 20.8. The predicted molar refractivity (Wildman–Crippen MR) is 130 cm³/mol. The van der Waals surface area contributed by atoms with E-state index in [0.717, 1.165) is 50.4 Å². The first-order chi connectivity index (χ1) is 13.5. The van der Waals surface area contributed by atoms with E-state index in [4.69, 9.17) is 11.6 Å². The number of para-hydroxylation sites is 1. The van der Waals surface area contributed by atoms with Gasteiger partial charge in [0.1, 0.15) is 0 Å². The van der Waals surface area contributed by atoms with Crippen LogP contribution >= 0.6 is 24.0 Å². The van der Waals surface area contributed by atoms with E-state index in [-0.39, 0.29) is 18.3 Å². The van der Waals surface area contributed by atoms with E-state index in [0.29, 0.717) is 11.6 Å². The van der Waals surface area contributed by atoms with Gasteiger partial charge in [-0.2, -0.15) is 0 Å². The standard InChI is InChI=1S/C23H40ClN3O.ClH/c1-5-8-9-10-11-12-16-27(18-17-26(6-2)7-3)19-22(28)25-23-20(4)14-13-15-21(23)24;/h13-15H,5-12,16-19H2,1-4H3,(H,25,28);1H. The monoisotopic (exact) mass is 445 g/mol. The van der Waals surface area contributed by atoms with Gasteiger partial charge in [-0.25, -0.2) is 0 Å². The Labute approximate surface area is 189 Å². The molecule has 0 aliphatic heterocycles. The van der Waals surface area contributed by atoms with Gasteiger partial charge < -0.3 is 10.2 Å². The molecule has 0 fully saturated rings. The van der Waals surface area contributed by atoms with Crippen molar-refractivity contribution in [1.29, 1.82) is 0 Å². The lowest BCUT2D eigenvalue weighted by Gasteiger charge is -2.26. The normalized spacial score (nSPS) is 11.0. The maximum atomic E-state index is 12.7. The molecular formula is C23H41Cl2N3O. The second-order valence-corrected chi connectivity index (χ2v) is 7.96. The third-order valence-electron chi connectivity index (χ3n) is 5.31. The SMILES string of the molecule is CCCCCCCCN(CCN(CC)CC)CC(=O)Nc1c(C)cccc1Cl.Cl. The number of nitrogens with one attached hydrogen (secondary N) is 1. The van der Waals surface area contributed by atoms with Crippen molar-refractivity contribution in [3.05, 3.63) is 28.8 Å². The lowest BCUT2D eigenvalue weighted by molar-refractivity contribution is -0.117. The summed E-state index contributed by atoms with van der Waals surface area (Å²) in [6, 6.07) is 5.69. The quantitative estimate of drug-likeness (QED) is 0.335. The number of hydrogen-bond donors (Lipinski definition) is 1. The first-order valence-corrected chi connectivity index (χ1v) is 11.4. The Bertz CT molecular complexity index is 545. The number of likely N-dealkylation sites (N-methyl/N-ethyl adjacent to an activating group) is 1. The molecule has 168 valence electrons. The summed E-state index contributed by atoms with van der Waals surface area (Å²) in [6.07, 6.45) is 7.61. The number of carbonyl (C=O) groups excluding carboxylic acids is 1. The van der Waals surface area contributed by atoms with Crippen LogP contribution in [-0.4, -0.2) is 55.0 Å². The van der Waals surface area contributed by atoms with Crippen molar-refractivity contribution < 1.29 is 4.79 Å². The van der Waals surface area contributed by atoms with Gasteiger partial charge in [-0.1, -0.05) is 76.6 Å². The van der Waals surface area contributed by atoms with Crippen LogP contribution in [0.1, 0.15) is 64.9 Å². The number of aryl methyl sites for hydroxylation is 1. The third-order valence-corrected chi connectivity index (χ3v) is 5.62.